The van der Waals surface area contributed by atoms with Crippen LogP contribution in [-0.4, -0.2) is 20.4 Å². The Bertz CT molecular complexity index is 4110. The van der Waals surface area contributed by atoms with Gasteiger partial charge in [0.1, 0.15) is 11.5 Å². The van der Waals surface area contributed by atoms with Crippen molar-refractivity contribution in [3.05, 3.63) is 204 Å². The number of hydrogen-bond acceptors (Lipinski definition) is 2. The first-order valence-electron chi connectivity index (χ1n) is 24.8. The van der Waals surface area contributed by atoms with Crippen LogP contribution in [0.3, 0.4) is 0 Å². The molecule has 0 spiro atoms. The molecule has 5 nitrogen and oxygen atoms in total. The number of fused-ring (bicyclic) bond motifs is 14. The van der Waals surface area contributed by atoms with Crippen molar-refractivity contribution in [3.63, 3.8) is 0 Å². The summed E-state index contributed by atoms with van der Waals surface area (Å²) >= 11 is 0. The molecule has 0 saturated carbocycles. The van der Waals surface area contributed by atoms with Gasteiger partial charge in [-0.3, -0.25) is 0 Å². The van der Waals surface area contributed by atoms with Gasteiger partial charge in [-0.25, -0.2) is 0 Å². The molecule has 0 aliphatic carbocycles. The largest absolute Gasteiger partial charge is 0.458 e. The zero-order valence-corrected chi connectivity index (χ0v) is 40.3. The molecule has 70 heavy (non-hydrogen) atoms. The summed E-state index contributed by atoms with van der Waals surface area (Å²) in [4.78, 5) is 0. The predicted octanol–water partition coefficient (Wildman–Crippen LogP) is 14.8. The van der Waals surface area contributed by atoms with Crippen LogP contribution in [0.15, 0.2) is 182 Å². The highest BCUT2D eigenvalue weighted by atomic mass is 16.5. The molecule has 0 bridgehead atoms. The Morgan fingerprint density at radius 3 is 1.39 bits per heavy atom. The van der Waals surface area contributed by atoms with Crippen molar-refractivity contribution in [3.8, 4) is 34.6 Å². The molecule has 0 fully saturated rings. The summed E-state index contributed by atoms with van der Waals surface area (Å²) in [5, 5.41) is 17.0. The molecule has 9 aromatic carbocycles. The summed E-state index contributed by atoms with van der Waals surface area (Å²) < 4.78 is 14.5. The van der Waals surface area contributed by atoms with E-state index < -0.39 is 0 Å². The third-order valence-electron chi connectivity index (χ3n) is 15.1. The smallest absolute Gasteiger partial charge is 0.251 e. The number of nitrogens with zero attached hydrogens (tertiary/aromatic N) is 4. The summed E-state index contributed by atoms with van der Waals surface area (Å²) in [5.74, 6) is 2.86. The van der Waals surface area contributed by atoms with Crippen molar-refractivity contribution < 1.29 is 4.74 Å². The van der Waals surface area contributed by atoms with Gasteiger partial charge in [0.2, 0.25) is 0 Å². The quantitative estimate of drug-likeness (QED) is 0.150. The molecule has 1 aliphatic heterocycles. The number of aromatic nitrogens is 3. The van der Waals surface area contributed by atoms with Crippen LogP contribution in [0.5, 0.6) is 11.5 Å². The van der Waals surface area contributed by atoms with Gasteiger partial charge in [-0.05, 0) is 112 Å². The van der Waals surface area contributed by atoms with Crippen LogP contribution in [0, 0.1) is 11.3 Å². The molecular formula is C64H51BN4O. The monoisotopic (exact) mass is 902 g/mol. The van der Waals surface area contributed by atoms with E-state index in [9.17, 15) is 5.26 Å². The van der Waals surface area contributed by atoms with Crippen molar-refractivity contribution in [1.29, 1.82) is 5.26 Å². The Morgan fingerprint density at radius 2 is 0.871 bits per heavy atom. The van der Waals surface area contributed by atoms with Gasteiger partial charge >= 0.3 is 0 Å². The lowest BCUT2D eigenvalue weighted by Crippen LogP contribution is -2.57. The normalized spacial score (nSPS) is 12.6. The van der Waals surface area contributed by atoms with Crippen molar-refractivity contribution >= 4 is 88.5 Å². The molecule has 12 aromatic rings. The maximum atomic E-state index is 9.92. The fraction of sp³-hybridized carbons (Fsp3) is 0.141. The van der Waals surface area contributed by atoms with Crippen LogP contribution < -0.4 is 21.1 Å². The first-order chi connectivity index (χ1) is 34.2. The van der Waals surface area contributed by atoms with E-state index in [1.165, 1.54) is 60.0 Å². The van der Waals surface area contributed by atoms with Gasteiger partial charge in [0.15, 0.2) is 0 Å². The number of hydrogen-bond donors (Lipinski definition) is 0. The number of nitriles is 1. The summed E-state index contributed by atoms with van der Waals surface area (Å²) in [7, 11) is 0. The SMILES string of the molecule is CC(C)c1cc(C(C)C)c(B2c3ccccc3Oc3cc(-n4c5ccccc5c5c6c(c7ccccc7n6-c6ccc(C#N)cc6)c6c(c7ccccc7n6-c6ccccc6)c54)ccc32)c(C(C)C)c1. The summed E-state index contributed by atoms with van der Waals surface area (Å²) in [6.45, 7) is 14.0. The van der Waals surface area contributed by atoms with E-state index in [1.807, 2.05) is 12.1 Å². The Hall–Kier alpha value is -8.27. The Kier molecular flexibility index (Phi) is 9.52. The Morgan fingerprint density at radius 1 is 0.429 bits per heavy atom. The molecule has 1 aliphatic rings. The zero-order valence-electron chi connectivity index (χ0n) is 40.3. The van der Waals surface area contributed by atoms with Crippen molar-refractivity contribution in [2.75, 3.05) is 0 Å². The number of ether oxygens (including phenoxy) is 1. The topological polar surface area (TPSA) is 47.8 Å². The Balaban J connectivity index is 1.19. The van der Waals surface area contributed by atoms with Crippen LogP contribution >= 0.6 is 0 Å². The molecule has 0 amide bonds. The number of benzene rings is 9. The average molecular weight is 903 g/mol. The highest BCUT2D eigenvalue weighted by Gasteiger charge is 2.37. The summed E-state index contributed by atoms with van der Waals surface area (Å²) in [6.07, 6.45) is 0. The minimum atomic E-state index is -0.0125. The number of para-hydroxylation sites is 5. The van der Waals surface area contributed by atoms with Crippen LogP contribution in [0.4, 0.5) is 0 Å². The van der Waals surface area contributed by atoms with Gasteiger partial charge in [0, 0.05) is 55.4 Å². The molecule has 0 unspecified atom stereocenters. The van der Waals surface area contributed by atoms with E-state index in [1.54, 1.807) is 0 Å². The van der Waals surface area contributed by atoms with E-state index in [4.69, 9.17) is 4.74 Å². The van der Waals surface area contributed by atoms with Gasteiger partial charge < -0.3 is 18.4 Å². The second-order valence-electron chi connectivity index (χ2n) is 20.1. The van der Waals surface area contributed by atoms with E-state index in [-0.39, 0.29) is 6.71 Å². The van der Waals surface area contributed by atoms with Gasteiger partial charge in [0.05, 0.1) is 44.7 Å². The highest BCUT2D eigenvalue weighted by Crippen LogP contribution is 2.50. The maximum Gasteiger partial charge on any atom is 0.251 e. The fourth-order valence-electron chi connectivity index (χ4n) is 12.0. The van der Waals surface area contributed by atoms with Crippen LogP contribution in [0.25, 0.3) is 82.5 Å². The minimum Gasteiger partial charge on any atom is -0.458 e. The second kappa shape index (κ2) is 15.9. The van der Waals surface area contributed by atoms with Crippen molar-refractivity contribution in [2.24, 2.45) is 0 Å². The van der Waals surface area contributed by atoms with Crippen LogP contribution in [-0.2, 0) is 0 Å². The molecule has 4 heterocycles. The first-order valence-corrected chi connectivity index (χ1v) is 24.8. The van der Waals surface area contributed by atoms with Crippen LogP contribution in [0.1, 0.15) is 81.5 Å². The minimum absolute atomic E-state index is 0.0125. The van der Waals surface area contributed by atoms with Crippen molar-refractivity contribution in [2.45, 2.75) is 59.3 Å². The van der Waals surface area contributed by atoms with Gasteiger partial charge in [-0.15, -0.1) is 0 Å². The van der Waals surface area contributed by atoms with Gasteiger partial charge in [-0.1, -0.05) is 156 Å². The summed E-state index contributed by atoms with van der Waals surface area (Å²) in [6, 6.07) is 68.4. The summed E-state index contributed by atoms with van der Waals surface area (Å²) in [5.41, 5.74) is 18.5. The second-order valence-corrected chi connectivity index (χ2v) is 20.1. The van der Waals surface area contributed by atoms with E-state index in [0.29, 0.717) is 23.3 Å². The molecule has 0 N–H and O–H groups in total. The molecule has 6 heteroatoms. The lowest BCUT2D eigenvalue weighted by atomic mass is 9.34. The van der Waals surface area contributed by atoms with E-state index >= 15 is 0 Å². The van der Waals surface area contributed by atoms with Crippen LogP contribution in [0.2, 0.25) is 0 Å². The molecule has 0 saturated heterocycles. The molecule has 3 aromatic heterocycles. The molecular weight excluding hydrogens is 852 g/mol. The maximum absolute atomic E-state index is 9.92. The van der Waals surface area contributed by atoms with E-state index in [0.717, 1.165) is 67.0 Å². The third-order valence-corrected chi connectivity index (χ3v) is 15.1. The lowest BCUT2D eigenvalue weighted by Gasteiger charge is -2.32. The van der Waals surface area contributed by atoms with E-state index in [2.05, 4.69) is 231 Å². The molecule has 13 rings (SSSR count). The lowest BCUT2D eigenvalue weighted by molar-refractivity contribution is 0.487. The highest BCUT2D eigenvalue weighted by molar-refractivity contribution is 6.97. The fourth-order valence-corrected chi connectivity index (χ4v) is 12.0. The van der Waals surface area contributed by atoms with Gasteiger partial charge in [-0.2, -0.15) is 5.26 Å². The standard InChI is InChI=1S/C64H51BN4O/c1-38(2)42-34-49(39(3)4)61(50(35-42)40(5)6)65-51-23-13-17-27-56(51)70-57-36-45(32-33-52(57)65)69-55-26-16-12-22-48(55)60-63-58(47-21-11-15-25-54(47)68(63)44-30-28-41(37-66)29-31-44)62-59(64(60)69)46-20-10-14-24-53(46)67(62)43-18-8-7-9-19-43/h7-36,38-40H,1-6H3. The Labute approximate surface area is 408 Å². The van der Waals surface area contributed by atoms with Gasteiger partial charge in [0.25, 0.3) is 6.71 Å². The molecule has 0 atom stereocenters. The third kappa shape index (κ3) is 6.04. The predicted molar refractivity (Wildman–Crippen MR) is 294 cm³/mol. The average Bonchev–Trinajstić information content (AvgIpc) is 4.04. The zero-order chi connectivity index (χ0) is 47.5. The van der Waals surface area contributed by atoms with Crippen molar-refractivity contribution in [1.82, 2.24) is 13.7 Å². The first kappa shape index (κ1) is 41.9. The number of rotatable bonds is 7. The molecule has 0 radical (unpaired) electrons. The molecule has 336 valence electrons.